The molecule has 4 aromatic heterocycles. The molecule has 41 heavy (non-hydrogen) atoms. The lowest BCUT2D eigenvalue weighted by Crippen LogP contribution is -2.50. The molecule has 5 rings (SSSR count). The van der Waals surface area contributed by atoms with Gasteiger partial charge in [-0.2, -0.15) is 0 Å². The summed E-state index contributed by atoms with van der Waals surface area (Å²) in [4.78, 5) is 44.7. The van der Waals surface area contributed by atoms with Crippen LogP contribution in [-0.2, 0) is 11.4 Å². The Hall–Kier alpha value is -4.25. The van der Waals surface area contributed by atoms with Crippen LogP contribution in [0.2, 0.25) is 5.02 Å². The molecule has 5 heterocycles. The zero-order valence-electron chi connectivity index (χ0n) is 22.9. The minimum atomic E-state index is -0.863. The zero-order valence-corrected chi connectivity index (χ0v) is 23.6. The van der Waals surface area contributed by atoms with Crippen molar-refractivity contribution in [1.29, 1.82) is 0 Å². The summed E-state index contributed by atoms with van der Waals surface area (Å²) in [5.74, 6) is -0.902. The highest BCUT2D eigenvalue weighted by Gasteiger charge is 2.34. The van der Waals surface area contributed by atoms with Crippen molar-refractivity contribution in [2.24, 2.45) is 5.92 Å². The molecule has 1 aliphatic rings. The first-order valence-corrected chi connectivity index (χ1v) is 13.3. The zero-order chi connectivity index (χ0) is 29.4. The van der Waals surface area contributed by atoms with Gasteiger partial charge in [0.25, 0.3) is 5.56 Å². The highest BCUT2D eigenvalue weighted by molar-refractivity contribution is 6.31. The van der Waals surface area contributed by atoms with Crippen LogP contribution >= 0.6 is 11.6 Å². The van der Waals surface area contributed by atoms with Gasteiger partial charge in [0, 0.05) is 49.2 Å². The molecule has 0 spiro atoms. The summed E-state index contributed by atoms with van der Waals surface area (Å²) in [6, 6.07) is 5.76. The Morgan fingerprint density at radius 1 is 1.10 bits per heavy atom. The highest BCUT2D eigenvalue weighted by atomic mass is 35.5. The molecule has 0 saturated carbocycles. The lowest BCUT2D eigenvalue weighted by atomic mass is 9.97. The van der Waals surface area contributed by atoms with Crippen LogP contribution in [0.5, 0.6) is 5.75 Å². The van der Waals surface area contributed by atoms with Gasteiger partial charge in [-0.25, -0.2) is 18.7 Å². The predicted octanol–water partition coefficient (Wildman–Crippen LogP) is 4.79. The maximum absolute atomic E-state index is 14.0. The van der Waals surface area contributed by atoms with Crippen molar-refractivity contribution >= 4 is 17.5 Å². The van der Waals surface area contributed by atoms with Crippen molar-refractivity contribution in [3.63, 3.8) is 0 Å². The number of carbonyl (C=O) groups is 1. The molecule has 0 atom stereocenters. The molecule has 0 aliphatic carbocycles. The number of amides is 1. The van der Waals surface area contributed by atoms with Gasteiger partial charge in [0.05, 0.1) is 29.2 Å². The highest BCUT2D eigenvalue weighted by Crippen LogP contribution is 2.29. The maximum Gasteiger partial charge on any atom is 0.277 e. The van der Waals surface area contributed by atoms with E-state index in [-0.39, 0.29) is 40.8 Å². The lowest BCUT2D eigenvalue weighted by Gasteiger charge is -2.39. The van der Waals surface area contributed by atoms with E-state index in [1.807, 2.05) is 20.8 Å². The SMILES string of the molecule is Cc1cnc(-c2ccnc(C3CN(C(=O)C(C)C)C3)n2)cc1-n1c(C)cc(OCc2ncc(F)cc2F)c(Cl)c1=O. The summed E-state index contributed by atoms with van der Waals surface area (Å²) in [5.41, 5.74) is 2.23. The summed E-state index contributed by atoms with van der Waals surface area (Å²) in [7, 11) is 0. The molecular formula is C29H27ClF2N6O3. The van der Waals surface area contributed by atoms with Gasteiger partial charge < -0.3 is 9.64 Å². The quantitative estimate of drug-likeness (QED) is 0.309. The number of nitrogens with zero attached hydrogens (tertiary/aromatic N) is 6. The maximum atomic E-state index is 14.0. The van der Waals surface area contributed by atoms with Crippen LogP contribution in [0.1, 0.15) is 42.5 Å². The molecule has 0 N–H and O–H groups in total. The Kier molecular flexibility index (Phi) is 7.81. The average Bonchev–Trinajstić information content (AvgIpc) is 2.91. The van der Waals surface area contributed by atoms with Crippen LogP contribution in [0, 0.1) is 31.4 Å². The molecule has 0 radical (unpaired) electrons. The number of pyridine rings is 3. The fraction of sp³-hybridized carbons (Fsp3) is 0.310. The first-order chi connectivity index (χ1) is 19.5. The fourth-order valence-electron chi connectivity index (χ4n) is 4.58. The van der Waals surface area contributed by atoms with Crippen molar-refractivity contribution in [2.45, 2.75) is 40.2 Å². The lowest BCUT2D eigenvalue weighted by molar-refractivity contribution is -0.139. The topological polar surface area (TPSA) is 103 Å². The van der Waals surface area contributed by atoms with Gasteiger partial charge in [-0.1, -0.05) is 25.4 Å². The van der Waals surface area contributed by atoms with E-state index in [0.29, 0.717) is 47.7 Å². The van der Waals surface area contributed by atoms with Crippen molar-refractivity contribution in [1.82, 2.24) is 29.4 Å². The van der Waals surface area contributed by atoms with Crippen molar-refractivity contribution < 1.29 is 18.3 Å². The third-order valence-electron chi connectivity index (χ3n) is 6.85. The number of likely N-dealkylation sites (tertiary alicyclic amines) is 1. The summed E-state index contributed by atoms with van der Waals surface area (Å²) in [6.07, 6.45) is 4.18. The van der Waals surface area contributed by atoms with Gasteiger partial charge in [0.15, 0.2) is 5.82 Å². The molecule has 0 unspecified atom stereocenters. The molecule has 4 aromatic rings. The number of hydrogen-bond donors (Lipinski definition) is 0. The third-order valence-corrected chi connectivity index (χ3v) is 7.20. The molecule has 0 bridgehead atoms. The molecule has 9 nitrogen and oxygen atoms in total. The monoisotopic (exact) mass is 580 g/mol. The first kappa shape index (κ1) is 28.3. The molecule has 1 amide bonds. The largest absolute Gasteiger partial charge is 0.485 e. The van der Waals surface area contributed by atoms with E-state index in [1.165, 1.54) is 4.57 Å². The number of aryl methyl sites for hydroxylation is 2. The van der Waals surface area contributed by atoms with Crippen molar-refractivity contribution in [3.05, 3.63) is 92.6 Å². The van der Waals surface area contributed by atoms with Gasteiger partial charge in [-0.05, 0) is 31.5 Å². The summed E-state index contributed by atoms with van der Waals surface area (Å²) < 4.78 is 34.2. The number of carbonyl (C=O) groups excluding carboxylic acids is 1. The van der Waals surface area contributed by atoms with E-state index in [2.05, 4.69) is 15.0 Å². The van der Waals surface area contributed by atoms with Gasteiger partial charge in [-0.3, -0.25) is 24.1 Å². The van der Waals surface area contributed by atoms with Gasteiger partial charge in [-0.15, -0.1) is 0 Å². The van der Waals surface area contributed by atoms with Crippen LogP contribution in [0.25, 0.3) is 17.1 Å². The van der Waals surface area contributed by atoms with Crippen molar-refractivity contribution in [2.75, 3.05) is 13.1 Å². The van der Waals surface area contributed by atoms with E-state index in [0.717, 1.165) is 11.8 Å². The summed E-state index contributed by atoms with van der Waals surface area (Å²) >= 11 is 6.40. The number of hydrogen-bond acceptors (Lipinski definition) is 7. The third kappa shape index (κ3) is 5.67. The number of aromatic nitrogens is 5. The van der Waals surface area contributed by atoms with E-state index >= 15 is 0 Å². The van der Waals surface area contributed by atoms with Crippen LogP contribution in [0.15, 0.2) is 47.7 Å². The standard InChI is InChI=1S/C29H27ClF2N6O3/c1-15(2)28(39)37-12-18(13-37)27-33-6-5-21(36-27)22-9-24(16(3)10-34-22)38-17(4)7-25(26(30)29(38)40)41-14-23-20(32)8-19(31)11-35-23/h5-11,15,18H,12-14H2,1-4H3. The first-order valence-electron chi connectivity index (χ1n) is 13.0. The predicted molar refractivity (Wildman–Crippen MR) is 148 cm³/mol. The molecule has 0 aromatic carbocycles. The normalized spacial score (nSPS) is 13.4. The van der Waals surface area contributed by atoms with E-state index in [4.69, 9.17) is 21.3 Å². The second-order valence-electron chi connectivity index (χ2n) is 10.2. The molecule has 1 aliphatic heterocycles. The Bertz CT molecular complexity index is 1700. The number of ether oxygens (including phenoxy) is 1. The van der Waals surface area contributed by atoms with Crippen molar-refractivity contribution in [3.8, 4) is 22.8 Å². The van der Waals surface area contributed by atoms with Crippen LogP contribution in [0.4, 0.5) is 8.78 Å². The molecular weight excluding hydrogens is 554 g/mol. The van der Waals surface area contributed by atoms with Gasteiger partial charge in [0.2, 0.25) is 5.91 Å². The second-order valence-corrected chi connectivity index (χ2v) is 10.6. The molecule has 212 valence electrons. The Labute approximate surface area is 239 Å². The van der Waals surface area contributed by atoms with Gasteiger partial charge >= 0.3 is 0 Å². The van der Waals surface area contributed by atoms with E-state index in [1.54, 1.807) is 42.4 Å². The summed E-state index contributed by atoms with van der Waals surface area (Å²) in [5, 5.41) is -0.203. The minimum Gasteiger partial charge on any atom is -0.485 e. The fourth-order valence-corrected chi connectivity index (χ4v) is 4.77. The van der Waals surface area contributed by atoms with Crippen LogP contribution in [-0.4, -0.2) is 48.4 Å². The van der Waals surface area contributed by atoms with E-state index < -0.39 is 17.2 Å². The van der Waals surface area contributed by atoms with Crippen LogP contribution < -0.4 is 10.3 Å². The molecule has 1 saturated heterocycles. The molecule has 12 heteroatoms. The molecule has 1 fully saturated rings. The minimum absolute atomic E-state index is 0.0392. The van der Waals surface area contributed by atoms with Crippen LogP contribution in [0.3, 0.4) is 0 Å². The summed E-state index contributed by atoms with van der Waals surface area (Å²) in [6.45, 7) is 8.08. The Morgan fingerprint density at radius 3 is 2.56 bits per heavy atom. The number of halogens is 3. The number of rotatable bonds is 7. The second kappa shape index (κ2) is 11.3. The average molecular weight is 581 g/mol. The smallest absolute Gasteiger partial charge is 0.277 e. The van der Waals surface area contributed by atoms with E-state index in [9.17, 15) is 18.4 Å². The Morgan fingerprint density at radius 2 is 1.85 bits per heavy atom. The Balaban J connectivity index is 1.41. The van der Waals surface area contributed by atoms with Gasteiger partial charge in [0.1, 0.15) is 34.7 Å².